The molecule has 0 heterocycles. The van der Waals surface area contributed by atoms with Crippen LogP contribution in [0.15, 0.2) is 0 Å². The topological polar surface area (TPSA) is 3.24 Å². The molecule has 0 saturated carbocycles. The van der Waals surface area contributed by atoms with E-state index < -0.39 is 0 Å². The summed E-state index contributed by atoms with van der Waals surface area (Å²) < 4.78 is 0. The molecule has 104 valence electrons. The smallest absolute Gasteiger partial charge is 0.0100 e. The summed E-state index contributed by atoms with van der Waals surface area (Å²) in [6, 6.07) is 0. The van der Waals surface area contributed by atoms with Crippen molar-refractivity contribution in [2.45, 2.75) is 65.7 Å². The third kappa shape index (κ3) is 7.46. The number of halogens is 1. The van der Waals surface area contributed by atoms with Crippen molar-refractivity contribution in [1.82, 2.24) is 4.90 Å². The summed E-state index contributed by atoms with van der Waals surface area (Å²) in [6.45, 7) is 9.41. The molecule has 0 aromatic rings. The first-order valence-corrected chi connectivity index (χ1v) is 8.50. The van der Waals surface area contributed by atoms with E-state index in [-0.39, 0.29) is 0 Å². The van der Waals surface area contributed by atoms with Crippen LogP contribution in [0.2, 0.25) is 0 Å². The molecule has 0 aliphatic heterocycles. The lowest BCUT2D eigenvalue weighted by atomic mass is 9.81. The molecule has 0 N–H and O–H groups in total. The largest absolute Gasteiger partial charge is 0.306 e. The zero-order chi connectivity index (χ0) is 13.1. The monoisotopic (exact) mass is 305 g/mol. The van der Waals surface area contributed by atoms with E-state index >= 15 is 0 Å². The van der Waals surface area contributed by atoms with Crippen LogP contribution in [0.5, 0.6) is 0 Å². The van der Waals surface area contributed by atoms with Crippen LogP contribution in [-0.4, -0.2) is 30.4 Å². The highest BCUT2D eigenvalue weighted by Crippen LogP contribution is 2.32. The first-order chi connectivity index (χ1) is 8.14. The molecule has 0 saturated heterocycles. The maximum Gasteiger partial charge on any atom is 0.0100 e. The summed E-state index contributed by atoms with van der Waals surface area (Å²) in [4.78, 5) is 2.54. The Morgan fingerprint density at radius 3 is 1.94 bits per heavy atom. The third-order valence-electron chi connectivity index (χ3n) is 3.59. The molecule has 0 aliphatic carbocycles. The molecule has 0 rings (SSSR count). The van der Waals surface area contributed by atoms with Gasteiger partial charge in [-0.3, -0.25) is 0 Å². The predicted molar refractivity (Wildman–Crippen MR) is 83.1 cm³/mol. The van der Waals surface area contributed by atoms with Crippen LogP contribution >= 0.6 is 15.9 Å². The molecule has 0 spiro atoms. The van der Waals surface area contributed by atoms with Gasteiger partial charge in [0.2, 0.25) is 0 Å². The number of alkyl halides is 1. The summed E-state index contributed by atoms with van der Waals surface area (Å²) >= 11 is 3.76. The van der Waals surface area contributed by atoms with Crippen LogP contribution in [0.3, 0.4) is 0 Å². The second kappa shape index (κ2) is 10.4. The second-order valence-corrected chi connectivity index (χ2v) is 6.14. The van der Waals surface area contributed by atoms with Crippen molar-refractivity contribution >= 4 is 15.9 Å². The fourth-order valence-electron chi connectivity index (χ4n) is 2.80. The maximum atomic E-state index is 3.76. The van der Waals surface area contributed by atoms with Crippen LogP contribution < -0.4 is 0 Å². The zero-order valence-corrected chi connectivity index (χ0v) is 14.0. The standard InChI is InChI=1S/C15H32BrN/c1-5-8-9-12-17(4)14-15(13-16,10-6-2)11-7-3/h5-14H2,1-4H3. The van der Waals surface area contributed by atoms with Crippen molar-refractivity contribution < 1.29 is 0 Å². The van der Waals surface area contributed by atoms with Gasteiger partial charge in [-0.1, -0.05) is 62.4 Å². The Hall–Kier alpha value is 0.440. The van der Waals surface area contributed by atoms with Gasteiger partial charge in [0.15, 0.2) is 0 Å². The summed E-state index contributed by atoms with van der Waals surface area (Å²) in [5.74, 6) is 0. The average Bonchev–Trinajstić information content (AvgIpc) is 2.30. The van der Waals surface area contributed by atoms with Crippen LogP contribution in [0.25, 0.3) is 0 Å². The molecule has 0 bridgehead atoms. The first kappa shape index (κ1) is 17.4. The van der Waals surface area contributed by atoms with Gasteiger partial charge >= 0.3 is 0 Å². The van der Waals surface area contributed by atoms with E-state index in [0.717, 1.165) is 5.33 Å². The Kier molecular flexibility index (Phi) is 10.6. The molecule has 0 aliphatic rings. The average molecular weight is 306 g/mol. The lowest BCUT2D eigenvalue weighted by Crippen LogP contribution is -2.37. The molecule has 1 nitrogen and oxygen atoms in total. The van der Waals surface area contributed by atoms with Crippen LogP contribution in [0.4, 0.5) is 0 Å². The van der Waals surface area contributed by atoms with E-state index in [4.69, 9.17) is 0 Å². The zero-order valence-electron chi connectivity index (χ0n) is 12.4. The molecule has 0 aromatic heterocycles. The Bertz CT molecular complexity index is 164. The Morgan fingerprint density at radius 1 is 0.941 bits per heavy atom. The number of rotatable bonds is 11. The highest BCUT2D eigenvalue weighted by molar-refractivity contribution is 9.09. The van der Waals surface area contributed by atoms with Crippen LogP contribution in [0, 0.1) is 5.41 Å². The molecule has 17 heavy (non-hydrogen) atoms. The Labute approximate surface area is 117 Å². The first-order valence-electron chi connectivity index (χ1n) is 7.38. The third-order valence-corrected chi connectivity index (χ3v) is 4.78. The van der Waals surface area contributed by atoms with Gasteiger partial charge in [-0.05, 0) is 38.3 Å². The lowest BCUT2D eigenvalue weighted by Gasteiger charge is -2.36. The van der Waals surface area contributed by atoms with Gasteiger partial charge in [-0.2, -0.15) is 0 Å². The summed E-state index contributed by atoms with van der Waals surface area (Å²) in [7, 11) is 2.29. The summed E-state index contributed by atoms with van der Waals surface area (Å²) in [5, 5.41) is 1.15. The van der Waals surface area contributed by atoms with Gasteiger partial charge < -0.3 is 4.90 Å². The predicted octanol–water partition coefficient (Wildman–Crippen LogP) is 5.09. The summed E-state index contributed by atoms with van der Waals surface area (Å²) in [5.41, 5.74) is 0.504. The van der Waals surface area contributed by atoms with Gasteiger partial charge in [0, 0.05) is 11.9 Å². The molecule has 0 fully saturated rings. The number of hydrogen-bond acceptors (Lipinski definition) is 1. The molecular weight excluding hydrogens is 274 g/mol. The van der Waals surface area contributed by atoms with Crippen LogP contribution in [-0.2, 0) is 0 Å². The van der Waals surface area contributed by atoms with Crippen molar-refractivity contribution in [1.29, 1.82) is 0 Å². The summed E-state index contributed by atoms with van der Waals surface area (Å²) in [6.07, 6.45) is 9.34. The minimum absolute atomic E-state index is 0.504. The number of hydrogen-bond donors (Lipinski definition) is 0. The van der Waals surface area contributed by atoms with E-state index in [0.29, 0.717) is 5.41 Å². The van der Waals surface area contributed by atoms with E-state index in [1.807, 2.05) is 0 Å². The van der Waals surface area contributed by atoms with E-state index in [2.05, 4.69) is 48.6 Å². The normalized spacial score (nSPS) is 12.4. The van der Waals surface area contributed by atoms with E-state index in [9.17, 15) is 0 Å². The second-order valence-electron chi connectivity index (χ2n) is 5.58. The van der Waals surface area contributed by atoms with Gasteiger partial charge in [-0.15, -0.1) is 0 Å². The highest BCUT2D eigenvalue weighted by Gasteiger charge is 2.28. The van der Waals surface area contributed by atoms with Crippen molar-refractivity contribution in [3.63, 3.8) is 0 Å². The van der Waals surface area contributed by atoms with Crippen molar-refractivity contribution in [3.05, 3.63) is 0 Å². The molecule has 0 unspecified atom stereocenters. The van der Waals surface area contributed by atoms with E-state index in [1.54, 1.807) is 0 Å². The molecule has 0 amide bonds. The van der Waals surface area contributed by atoms with Gasteiger partial charge in [0.1, 0.15) is 0 Å². The highest BCUT2D eigenvalue weighted by atomic mass is 79.9. The Morgan fingerprint density at radius 2 is 1.53 bits per heavy atom. The van der Waals surface area contributed by atoms with Gasteiger partial charge in [0.25, 0.3) is 0 Å². The number of nitrogens with zero attached hydrogens (tertiary/aromatic N) is 1. The lowest BCUT2D eigenvalue weighted by molar-refractivity contribution is 0.169. The van der Waals surface area contributed by atoms with Crippen molar-refractivity contribution in [2.75, 3.05) is 25.5 Å². The molecule has 2 heteroatoms. The molecule has 0 atom stereocenters. The van der Waals surface area contributed by atoms with Gasteiger partial charge in [-0.25, -0.2) is 0 Å². The van der Waals surface area contributed by atoms with Crippen molar-refractivity contribution in [3.8, 4) is 0 Å². The quantitative estimate of drug-likeness (QED) is 0.379. The van der Waals surface area contributed by atoms with Crippen molar-refractivity contribution in [2.24, 2.45) is 5.41 Å². The van der Waals surface area contributed by atoms with Gasteiger partial charge in [0.05, 0.1) is 0 Å². The Balaban J connectivity index is 4.19. The molecular formula is C15H32BrN. The van der Waals surface area contributed by atoms with Crippen LogP contribution in [0.1, 0.15) is 65.7 Å². The minimum atomic E-state index is 0.504. The molecule has 0 aromatic carbocycles. The fraction of sp³-hybridized carbons (Fsp3) is 1.00. The SMILES string of the molecule is CCCCCN(C)CC(CBr)(CCC)CCC. The fourth-order valence-corrected chi connectivity index (χ4v) is 3.54. The minimum Gasteiger partial charge on any atom is -0.306 e. The number of unbranched alkanes of at least 4 members (excludes halogenated alkanes) is 2. The molecule has 0 radical (unpaired) electrons. The maximum absolute atomic E-state index is 3.76. The van der Waals surface area contributed by atoms with E-state index in [1.165, 1.54) is 58.0 Å².